The quantitative estimate of drug-likeness (QED) is 0.920. The average Bonchev–Trinajstić information content (AvgIpc) is 2.87. The number of carboxylic acid groups (broad SMARTS) is 1. The van der Waals surface area contributed by atoms with Crippen LogP contribution in [0.3, 0.4) is 0 Å². The van der Waals surface area contributed by atoms with Crippen molar-refractivity contribution in [3.05, 3.63) is 28.6 Å². The number of carboxylic acids is 1. The lowest BCUT2D eigenvalue weighted by Gasteiger charge is -2.07. The lowest BCUT2D eigenvalue weighted by atomic mass is 10.1. The summed E-state index contributed by atoms with van der Waals surface area (Å²) < 4.78 is 10.3. The molecule has 5 nitrogen and oxygen atoms in total. The van der Waals surface area contributed by atoms with Crippen LogP contribution in [0.4, 0.5) is 0 Å². The molecular weight excluding hydrogens is 254 g/mol. The minimum absolute atomic E-state index is 0.199. The smallest absolute Gasteiger partial charge is 0.348 e. The number of carbonyl (C=O) groups is 1. The van der Waals surface area contributed by atoms with Crippen LogP contribution in [0.1, 0.15) is 9.67 Å². The van der Waals surface area contributed by atoms with E-state index in [1.165, 1.54) is 19.7 Å². The number of hydrogen-bond donors (Lipinski definition) is 1. The van der Waals surface area contributed by atoms with Gasteiger partial charge in [-0.05, 0) is 12.1 Å². The van der Waals surface area contributed by atoms with Crippen molar-refractivity contribution >= 4 is 17.3 Å². The lowest BCUT2D eigenvalue weighted by molar-refractivity contribution is 0.0702. The van der Waals surface area contributed by atoms with Crippen molar-refractivity contribution in [1.29, 1.82) is 0 Å². The molecule has 0 radical (unpaired) electrons. The van der Waals surface area contributed by atoms with Gasteiger partial charge in [0.05, 0.1) is 25.4 Å². The first-order valence-corrected chi connectivity index (χ1v) is 5.94. The third-order valence-corrected chi connectivity index (χ3v) is 3.20. The topological polar surface area (TPSA) is 68.7 Å². The molecule has 2 aromatic rings. The first kappa shape index (κ1) is 12.4. The molecular formula is C12H11NO4S. The van der Waals surface area contributed by atoms with Gasteiger partial charge in [0.25, 0.3) is 0 Å². The lowest BCUT2D eigenvalue weighted by Crippen LogP contribution is -1.96. The molecule has 0 saturated carbocycles. The number of methoxy groups -OCH3 is 2. The van der Waals surface area contributed by atoms with Gasteiger partial charge in [0.1, 0.15) is 16.4 Å². The molecule has 18 heavy (non-hydrogen) atoms. The number of aromatic carboxylic acids is 1. The van der Waals surface area contributed by atoms with Crippen molar-refractivity contribution in [1.82, 2.24) is 4.98 Å². The Morgan fingerprint density at radius 2 is 1.83 bits per heavy atom. The second-order valence-corrected chi connectivity index (χ2v) is 4.29. The fraction of sp³-hybridized carbons (Fsp3) is 0.167. The Bertz CT molecular complexity index is 557. The van der Waals surface area contributed by atoms with Gasteiger partial charge in [-0.2, -0.15) is 0 Å². The van der Waals surface area contributed by atoms with Crippen molar-refractivity contribution < 1.29 is 19.4 Å². The van der Waals surface area contributed by atoms with E-state index in [0.29, 0.717) is 22.8 Å². The summed E-state index contributed by atoms with van der Waals surface area (Å²) in [5.41, 5.74) is 2.58. The average molecular weight is 265 g/mol. The van der Waals surface area contributed by atoms with Crippen molar-refractivity contribution in [2.45, 2.75) is 0 Å². The van der Waals surface area contributed by atoms with Crippen LogP contribution in [-0.4, -0.2) is 30.3 Å². The van der Waals surface area contributed by atoms with Gasteiger partial charge < -0.3 is 14.6 Å². The molecule has 2 rings (SSSR count). The molecule has 1 N–H and O–H groups in total. The molecule has 0 spiro atoms. The van der Waals surface area contributed by atoms with Gasteiger partial charge in [0.15, 0.2) is 0 Å². The molecule has 0 unspecified atom stereocenters. The highest BCUT2D eigenvalue weighted by molar-refractivity contribution is 7.12. The molecule has 94 valence electrons. The summed E-state index contributed by atoms with van der Waals surface area (Å²) in [7, 11) is 3.08. The molecule has 0 bridgehead atoms. The second kappa shape index (κ2) is 5.05. The monoisotopic (exact) mass is 265 g/mol. The second-order valence-electron chi connectivity index (χ2n) is 3.44. The number of ether oxygens (including phenoxy) is 2. The standard InChI is InChI=1S/C12H11NO4S/c1-16-8-3-7(4-9(5-8)17-2)10-11(12(14)15)18-6-13-10/h3-6H,1-2H3,(H,14,15). The summed E-state index contributed by atoms with van der Waals surface area (Å²) in [4.78, 5) is 15.4. The molecule has 0 aliphatic carbocycles. The van der Waals surface area contributed by atoms with E-state index in [-0.39, 0.29) is 4.88 Å². The van der Waals surface area contributed by atoms with Crippen LogP contribution in [-0.2, 0) is 0 Å². The predicted octanol–water partition coefficient (Wildman–Crippen LogP) is 2.53. The Morgan fingerprint density at radius 1 is 1.22 bits per heavy atom. The van der Waals surface area contributed by atoms with E-state index in [9.17, 15) is 4.79 Å². The summed E-state index contributed by atoms with van der Waals surface area (Å²) in [5, 5.41) is 9.08. The van der Waals surface area contributed by atoms with Crippen LogP contribution in [0, 0.1) is 0 Å². The van der Waals surface area contributed by atoms with Gasteiger partial charge in [-0.3, -0.25) is 0 Å². The van der Waals surface area contributed by atoms with Gasteiger partial charge >= 0.3 is 5.97 Å². The summed E-state index contributed by atoms with van der Waals surface area (Å²) in [6.45, 7) is 0. The maximum Gasteiger partial charge on any atom is 0.348 e. The minimum Gasteiger partial charge on any atom is -0.497 e. The highest BCUT2D eigenvalue weighted by Gasteiger charge is 2.16. The maximum absolute atomic E-state index is 11.1. The van der Waals surface area contributed by atoms with Gasteiger partial charge in [0.2, 0.25) is 0 Å². The molecule has 0 atom stereocenters. The third kappa shape index (κ3) is 2.28. The Balaban J connectivity index is 2.55. The van der Waals surface area contributed by atoms with E-state index in [1.807, 2.05) is 0 Å². The first-order chi connectivity index (χ1) is 8.65. The fourth-order valence-electron chi connectivity index (χ4n) is 1.55. The predicted molar refractivity (Wildman–Crippen MR) is 67.6 cm³/mol. The molecule has 0 aliphatic rings. The molecule has 0 fully saturated rings. The third-order valence-electron chi connectivity index (χ3n) is 2.39. The number of benzene rings is 1. The highest BCUT2D eigenvalue weighted by atomic mass is 32.1. The van der Waals surface area contributed by atoms with Gasteiger partial charge in [-0.15, -0.1) is 11.3 Å². The van der Waals surface area contributed by atoms with Gasteiger partial charge in [0, 0.05) is 11.6 Å². The van der Waals surface area contributed by atoms with E-state index in [4.69, 9.17) is 14.6 Å². The van der Waals surface area contributed by atoms with Crippen LogP contribution in [0.2, 0.25) is 0 Å². The van der Waals surface area contributed by atoms with Crippen molar-refractivity contribution in [2.75, 3.05) is 14.2 Å². The highest BCUT2D eigenvalue weighted by Crippen LogP contribution is 2.32. The fourth-order valence-corrected chi connectivity index (χ4v) is 2.19. The van der Waals surface area contributed by atoms with E-state index in [0.717, 1.165) is 11.3 Å². The van der Waals surface area contributed by atoms with Gasteiger partial charge in [-0.1, -0.05) is 0 Å². The van der Waals surface area contributed by atoms with Crippen molar-refractivity contribution in [3.63, 3.8) is 0 Å². The minimum atomic E-state index is -0.991. The molecule has 1 heterocycles. The van der Waals surface area contributed by atoms with Crippen LogP contribution in [0.5, 0.6) is 11.5 Å². The van der Waals surface area contributed by atoms with E-state index in [2.05, 4.69) is 4.98 Å². The zero-order valence-electron chi connectivity index (χ0n) is 9.84. The number of nitrogens with zero attached hydrogens (tertiary/aromatic N) is 1. The van der Waals surface area contributed by atoms with E-state index < -0.39 is 5.97 Å². The van der Waals surface area contributed by atoms with Crippen LogP contribution in [0.25, 0.3) is 11.3 Å². The van der Waals surface area contributed by atoms with E-state index >= 15 is 0 Å². The molecule has 1 aromatic carbocycles. The maximum atomic E-state index is 11.1. The van der Waals surface area contributed by atoms with Gasteiger partial charge in [-0.25, -0.2) is 9.78 Å². The summed E-state index contributed by atoms with van der Waals surface area (Å²) in [6.07, 6.45) is 0. The van der Waals surface area contributed by atoms with Crippen molar-refractivity contribution in [2.24, 2.45) is 0 Å². The zero-order chi connectivity index (χ0) is 13.1. The summed E-state index contributed by atoms with van der Waals surface area (Å²) >= 11 is 1.09. The first-order valence-electron chi connectivity index (χ1n) is 5.06. The summed E-state index contributed by atoms with van der Waals surface area (Å²) in [6, 6.07) is 5.17. The molecule has 0 aliphatic heterocycles. The van der Waals surface area contributed by atoms with E-state index in [1.54, 1.807) is 18.2 Å². The number of aromatic nitrogens is 1. The Kier molecular flexibility index (Phi) is 3.47. The molecule has 0 amide bonds. The molecule has 6 heteroatoms. The van der Waals surface area contributed by atoms with Crippen LogP contribution >= 0.6 is 11.3 Å². The largest absolute Gasteiger partial charge is 0.497 e. The normalized spacial score (nSPS) is 10.1. The number of rotatable bonds is 4. The summed E-state index contributed by atoms with van der Waals surface area (Å²) in [5.74, 6) is 0.191. The Hall–Kier alpha value is -2.08. The molecule has 1 aromatic heterocycles. The van der Waals surface area contributed by atoms with Crippen LogP contribution in [0.15, 0.2) is 23.7 Å². The SMILES string of the molecule is COc1cc(OC)cc(-c2ncsc2C(=O)O)c1. The Labute approximate surface area is 108 Å². The Morgan fingerprint density at radius 3 is 2.33 bits per heavy atom. The molecule has 0 saturated heterocycles. The van der Waals surface area contributed by atoms with Crippen molar-refractivity contribution in [3.8, 4) is 22.8 Å². The zero-order valence-corrected chi connectivity index (χ0v) is 10.7. The number of hydrogen-bond acceptors (Lipinski definition) is 5. The van der Waals surface area contributed by atoms with Crippen LogP contribution < -0.4 is 9.47 Å². The number of thiazole rings is 1.